The predicted molar refractivity (Wildman–Crippen MR) is 63.7 cm³/mol. The van der Waals surface area contributed by atoms with Gasteiger partial charge in [-0.3, -0.25) is 9.89 Å². The first-order valence-corrected chi connectivity index (χ1v) is 5.10. The Morgan fingerprint density at radius 1 is 1.17 bits per heavy atom. The fourth-order valence-corrected chi connectivity index (χ4v) is 1.34. The summed E-state index contributed by atoms with van der Waals surface area (Å²) in [5.41, 5.74) is 1.09. The number of aromatic nitrogens is 2. The zero-order chi connectivity index (χ0) is 13.1. The Kier molecular flexibility index (Phi) is 3.05. The lowest BCUT2D eigenvalue weighted by Crippen LogP contribution is -1.96. The number of azo groups is 1. The minimum atomic E-state index is -1.00. The molecular weight excluding hydrogens is 236 g/mol. The van der Waals surface area contributed by atoms with Crippen molar-refractivity contribution in [3.63, 3.8) is 0 Å². The van der Waals surface area contributed by atoms with E-state index in [-0.39, 0.29) is 16.8 Å². The van der Waals surface area contributed by atoms with E-state index in [0.717, 1.165) is 0 Å². The topological polar surface area (TPSA) is 111 Å². The largest absolute Gasteiger partial charge is 0.478 e. The molecule has 1 aromatic carbocycles. The highest BCUT2D eigenvalue weighted by Gasteiger charge is 2.04. The molecule has 0 amide bonds. The quantitative estimate of drug-likeness (QED) is 0.721. The molecule has 0 saturated carbocycles. The summed E-state index contributed by atoms with van der Waals surface area (Å²) in [5, 5.41) is 21.4. The van der Waals surface area contributed by atoms with E-state index >= 15 is 0 Å². The van der Waals surface area contributed by atoms with Gasteiger partial charge in [0.2, 0.25) is 0 Å². The van der Waals surface area contributed by atoms with Gasteiger partial charge in [0.05, 0.1) is 16.9 Å². The Labute approximate surface area is 101 Å². The van der Waals surface area contributed by atoms with E-state index < -0.39 is 5.97 Å². The van der Waals surface area contributed by atoms with Crippen LogP contribution in [0.3, 0.4) is 0 Å². The van der Waals surface area contributed by atoms with Crippen LogP contribution in [0.15, 0.2) is 39.3 Å². The molecule has 0 unspecified atom stereocenters. The standard InChI is InChI=1S/C11H10N4O3/c1-6-9(10(16)15-12-6)14-13-8-4-2-7(3-5-8)11(17)18/h2-5H,1H3,(H,17,18)(H2,12,15,16). The lowest BCUT2D eigenvalue weighted by Gasteiger charge is -1.94. The van der Waals surface area contributed by atoms with Gasteiger partial charge in [0.15, 0.2) is 5.69 Å². The summed E-state index contributed by atoms with van der Waals surface area (Å²) in [4.78, 5) is 21.9. The number of H-pyrrole nitrogens is 2. The van der Waals surface area contributed by atoms with Crippen molar-refractivity contribution in [3.8, 4) is 0 Å². The average molecular weight is 246 g/mol. The molecule has 0 bridgehead atoms. The van der Waals surface area contributed by atoms with Crippen LogP contribution in [0.25, 0.3) is 0 Å². The number of nitrogens with zero attached hydrogens (tertiary/aromatic N) is 2. The van der Waals surface area contributed by atoms with Crippen molar-refractivity contribution in [2.24, 2.45) is 10.2 Å². The summed E-state index contributed by atoms with van der Waals surface area (Å²) in [6.07, 6.45) is 0. The molecule has 0 saturated heterocycles. The molecule has 3 N–H and O–H groups in total. The summed E-state index contributed by atoms with van der Waals surface area (Å²) in [6.45, 7) is 1.69. The van der Waals surface area contributed by atoms with Crippen LogP contribution in [0.4, 0.5) is 11.4 Å². The Morgan fingerprint density at radius 2 is 1.83 bits per heavy atom. The fraction of sp³-hybridized carbons (Fsp3) is 0.0909. The van der Waals surface area contributed by atoms with Gasteiger partial charge in [0, 0.05) is 0 Å². The van der Waals surface area contributed by atoms with Crippen LogP contribution in [0.1, 0.15) is 16.1 Å². The molecule has 7 nitrogen and oxygen atoms in total. The molecule has 92 valence electrons. The maximum absolute atomic E-state index is 11.3. The maximum atomic E-state index is 11.3. The van der Waals surface area contributed by atoms with Gasteiger partial charge in [-0.15, -0.1) is 5.11 Å². The summed E-state index contributed by atoms with van der Waals surface area (Å²) < 4.78 is 0. The van der Waals surface area contributed by atoms with Crippen LogP contribution < -0.4 is 5.56 Å². The Morgan fingerprint density at radius 3 is 2.33 bits per heavy atom. The highest BCUT2D eigenvalue weighted by Crippen LogP contribution is 2.17. The predicted octanol–water partition coefficient (Wildman–Crippen LogP) is 2.13. The number of hydrogen-bond acceptors (Lipinski definition) is 4. The molecule has 0 spiro atoms. The zero-order valence-electron chi connectivity index (χ0n) is 9.47. The summed E-state index contributed by atoms with van der Waals surface area (Å²) in [6, 6.07) is 5.88. The molecule has 7 heteroatoms. The second kappa shape index (κ2) is 4.66. The van der Waals surface area contributed by atoms with Crippen molar-refractivity contribution in [1.29, 1.82) is 0 Å². The third-order valence-corrected chi connectivity index (χ3v) is 2.31. The fourth-order valence-electron chi connectivity index (χ4n) is 1.34. The van der Waals surface area contributed by atoms with Gasteiger partial charge < -0.3 is 10.2 Å². The number of rotatable bonds is 3. The van der Waals surface area contributed by atoms with Gasteiger partial charge in [0.1, 0.15) is 0 Å². The van der Waals surface area contributed by atoms with Crippen LogP contribution in [0.5, 0.6) is 0 Å². The maximum Gasteiger partial charge on any atom is 0.335 e. The Bertz CT molecular complexity index is 652. The van der Waals surface area contributed by atoms with Gasteiger partial charge in [-0.25, -0.2) is 4.79 Å². The molecule has 0 atom stereocenters. The third kappa shape index (κ3) is 2.34. The molecule has 0 aliphatic heterocycles. The molecule has 1 aromatic heterocycles. The first-order valence-electron chi connectivity index (χ1n) is 5.10. The van der Waals surface area contributed by atoms with Crippen LogP contribution >= 0.6 is 0 Å². The molecule has 18 heavy (non-hydrogen) atoms. The van der Waals surface area contributed by atoms with E-state index in [4.69, 9.17) is 5.11 Å². The van der Waals surface area contributed by atoms with E-state index in [9.17, 15) is 9.59 Å². The zero-order valence-corrected chi connectivity index (χ0v) is 9.47. The first-order chi connectivity index (χ1) is 8.58. The SMILES string of the molecule is Cc1[nH][nH]c(=O)c1N=Nc1ccc(C(=O)O)cc1. The van der Waals surface area contributed by atoms with E-state index in [1.807, 2.05) is 0 Å². The normalized spacial score (nSPS) is 10.9. The van der Waals surface area contributed by atoms with Gasteiger partial charge in [-0.1, -0.05) is 0 Å². The molecular formula is C11H10N4O3. The van der Waals surface area contributed by atoms with Crippen molar-refractivity contribution in [1.82, 2.24) is 10.2 Å². The third-order valence-electron chi connectivity index (χ3n) is 2.31. The number of carboxylic acid groups (broad SMARTS) is 1. The molecule has 0 aliphatic carbocycles. The lowest BCUT2D eigenvalue weighted by atomic mass is 10.2. The Hall–Kier alpha value is -2.70. The van der Waals surface area contributed by atoms with Crippen molar-refractivity contribution in [2.45, 2.75) is 6.92 Å². The van der Waals surface area contributed by atoms with E-state index in [1.165, 1.54) is 24.3 Å². The van der Waals surface area contributed by atoms with E-state index in [2.05, 4.69) is 20.4 Å². The van der Waals surface area contributed by atoms with Gasteiger partial charge in [-0.05, 0) is 31.2 Å². The summed E-state index contributed by atoms with van der Waals surface area (Å²) in [7, 11) is 0. The second-order valence-corrected chi connectivity index (χ2v) is 3.60. The first kappa shape index (κ1) is 11.8. The van der Waals surface area contributed by atoms with Gasteiger partial charge >= 0.3 is 5.97 Å². The van der Waals surface area contributed by atoms with Crippen molar-refractivity contribution < 1.29 is 9.90 Å². The minimum Gasteiger partial charge on any atom is -0.478 e. The smallest absolute Gasteiger partial charge is 0.335 e. The van der Waals surface area contributed by atoms with Crippen molar-refractivity contribution >= 4 is 17.3 Å². The average Bonchev–Trinajstić information content (AvgIpc) is 2.67. The highest BCUT2D eigenvalue weighted by atomic mass is 16.4. The number of carboxylic acids is 1. The van der Waals surface area contributed by atoms with E-state index in [1.54, 1.807) is 6.92 Å². The molecule has 2 aromatic rings. The highest BCUT2D eigenvalue weighted by molar-refractivity contribution is 5.87. The van der Waals surface area contributed by atoms with Crippen molar-refractivity contribution in [3.05, 3.63) is 45.9 Å². The number of aromatic amines is 2. The van der Waals surface area contributed by atoms with E-state index in [0.29, 0.717) is 11.4 Å². The van der Waals surface area contributed by atoms with Crippen LogP contribution in [0.2, 0.25) is 0 Å². The van der Waals surface area contributed by atoms with Crippen LogP contribution in [-0.2, 0) is 0 Å². The number of aryl methyl sites for hydroxylation is 1. The van der Waals surface area contributed by atoms with Gasteiger partial charge in [-0.2, -0.15) is 5.11 Å². The van der Waals surface area contributed by atoms with Gasteiger partial charge in [0.25, 0.3) is 5.56 Å². The molecule has 0 aliphatic rings. The molecule has 2 rings (SSSR count). The van der Waals surface area contributed by atoms with Crippen LogP contribution in [-0.4, -0.2) is 21.3 Å². The number of benzene rings is 1. The number of aromatic carboxylic acids is 1. The number of carbonyl (C=O) groups is 1. The molecule has 0 fully saturated rings. The monoisotopic (exact) mass is 246 g/mol. The minimum absolute atomic E-state index is 0.171. The second-order valence-electron chi connectivity index (χ2n) is 3.60. The molecule has 0 radical (unpaired) electrons. The molecule has 1 heterocycles. The van der Waals surface area contributed by atoms with Crippen LogP contribution in [0, 0.1) is 6.92 Å². The number of nitrogens with one attached hydrogen (secondary N) is 2. The summed E-state index contributed by atoms with van der Waals surface area (Å²) >= 11 is 0. The summed E-state index contributed by atoms with van der Waals surface area (Å²) in [5.74, 6) is -1.00. The lowest BCUT2D eigenvalue weighted by molar-refractivity contribution is 0.0697. The van der Waals surface area contributed by atoms with Crippen molar-refractivity contribution in [2.75, 3.05) is 0 Å². The number of hydrogen-bond donors (Lipinski definition) is 3. The Balaban J connectivity index is 2.24.